The van der Waals surface area contributed by atoms with Crippen molar-refractivity contribution >= 4 is 23.3 Å². The molecule has 13 heteroatoms. The summed E-state index contributed by atoms with van der Waals surface area (Å²) in [4.78, 5) is 35.2. The van der Waals surface area contributed by atoms with E-state index in [9.17, 15) is 42.5 Å². The molecule has 1 N–H and O–H groups in total. The molecule has 41 heavy (non-hydrogen) atoms. The summed E-state index contributed by atoms with van der Waals surface area (Å²) in [6.07, 6.45) is -4.79. The van der Waals surface area contributed by atoms with Crippen LogP contribution < -0.4 is 10.1 Å². The van der Waals surface area contributed by atoms with Gasteiger partial charge in [0.1, 0.15) is 36.5 Å². The lowest BCUT2D eigenvalue weighted by Crippen LogP contribution is -2.26. The van der Waals surface area contributed by atoms with Crippen molar-refractivity contribution in [3.63, 3.8) is 0 Å². The topological polar surface area (TPSA) is 132 Å². The lowest BCUT2D eigenvalue weighted by Gasteiger charge is -2.24. The minimum atomic E-state index is -4.79. The van der Waals surface area contributed by atoms with Crippen LogP contribution in [0.5, 0.6) is 5.75 Å². The molecule has 0 saturated heterocycles. The molecular weight excluding hydrogens is 550 g/mol. The van der Waals surface area contributed by atoms with E-state index < -0.39 is 57.6 Å². The number of esters is 1. The molecule has 0 aliphatic rings. The maximum Gasteiger partial charge on any atom is 0.416 e. The Morgan fingerprint density at radius 2 is 1.78 bits per heavy atom. The lowest BCUT2D eigenvalue weighted by molar-refractivity contribution is -0.384. The highest BCUT2D eigenvalue weighted by Gasteiger charge is 2.33. The number of halogens is 4. The monoisotopic (exact) mass is 573 g/mol. The number of nitro groups is 1. The molecule has 0 aliphatic heterocycles. The summed E-state index contributed by atoms with van der Waals surface area (Å²) in [7, 11) is 0. The molecule has 0 radical (unpaired) electrons. The quantitative estimate of drug-likeness (QED) is 0.138. The number of anilines is 1. The number of nitrogens with zero attached hydrogens (tertiary/aromatic N) is 2. The fraction of sp³-hybridized carbons (Fsp3) is 0.250. The van der Waals surface area contributed by atoms with Gasteiger partial charge in [-0.1, -0.05) is 19.9 Å². The summed E-state index contributed by atoms with van der Waals surface area (Å²) < 4.78 is 64.0. The van der Waals surface area contributed by atoms with E-state index in [-0.39, 0.29) is 29.2 Å². The number of ether oxygens (including phenoxy) is 2. The molecule has 0 saturated carbocycles. The van der Waals surface area contributed by atoms with E-state index in [1.54, 1.807) is 19.9 Å². The van der Waals surface area contributed by atoms with Crippen LogP contribution in [-0.4, -0.2) is 23.4 Å². The third-order valence-corrected chi connectivity index (χ3v) is 5.98. The number of hydrogen-bond acceptors (Lipinski definition) is 7. The van der Waals surface area contributed by atoms with E-state index in [2.05, 4.69) is 5.32 Å². The van der Waals surface area contributed by atoms with Crippen molar-refractivity contribution in [2.24, 2.45) is 0 Å². The normalized spacial score (nSPS) is 11.4. The molecule has 0 bridgehead atoms. The van der Waals surface area contributed by atoms with E-state index in [4.69, 9.17) is 9.47 Å². The Kier molecular flexibility index (Phi) is 8.97. The van der Waals surface area contributed by atoms with Gasteiger partial charge in [-0.15, -0.1) is 0 Å². The fourth-order valence-electron chi connectivity index (χ4n) is 3.76. The highest BCUT2D eigenvalue weighted by Crippen LogP contribution is 2.34. The number of hydrogen-bond donors (Lipinski definition) is 1. The molecule has 0 fully saturated rings. The highest BCUT2D eigenvalue weighted by molar-refractivity contribution is 6.05. The van der Waals surface area contributed by atoms with Crippen molar-refractivity contribution in [2.45, 2.75) is 39.0 Å². The van der Waals surface area contributed by atoms with E-state index >= 15 is 0 Å². The number of carbonyl (C=O) groups is 2. The van der Waals surface area contributed by atoms with Crippen LogP contribution in [0.1, 0.15) is 53.4 Å². The van der Waals surface area contributed by atoms with Gasteiger partial charge in [0.05, 0.1) is 16.1 Å². The molecule has 0 heterocycles. The van der Waals surface area contributed by atoms with Gasteiger partial charge in [0.25, 0.3) is 11.6 Å². The molecule has 3 rings (SSSR count). The Labute approximate surface area is 231 Å². The molecule has 3 aromatic carbocycles. The third kappa shape index (κ3) is 7.57. The molecular formula is C28H23F4N3O6. The van der Waals surface area contributed by atoms with Gasteiger partial charge >= 0.3 is 12.1 Å². The van der Waals surface area contributed by atoms with E-state index in [0.717, 1.165) is 6.07 Å². The molecule has 0 unspecified atom stereocenters. The van der Waals surface area contributed by atoms with Crippen LogP contribution >= 0.6 is 0 Å². The van der Waals surface area contributed by atoms with Crippen LogP contribution in [-0.2, 0) is 27.7 Å². The van der Waals surface area contributed by atoms with Gasteiger partial charge in [0.15, 0.2) is 0 Å². The zero-order valence-electron chi connectivity index (χ0n) is 22.0. The molecule has 1 amide bonds. The zero-order valence-corrected chi connectivity index (χ0v) is 22.0. The molecule has 0 atom stereocenters. The molecule has 3 aromatic rings. The standard InChI is InChI=1S/C28H23F4N3O6/c1-16(36)41-15-27(2,3)20-6-9-23(24(12-20)35(38)39)34-26(37)17-4-5-18(13-33)25(11-17)40-14-19-10-21(29)7-8-22(19)28(30,31)32/h4-12H,14-15H2,1-3H3,(H,34,37). The van der Waals surface area contributed by atoms with Crippen molar-refractivity contribution in [2.75, 3.05) is 11.9 Å². The zero-order chi connectivity index (χ0) is 30.5. The first-order valence-corrected chi connectivity index (χ1v) is 11.9. The molecule has 0 aromatic heterocycles. The lowest BCUT2D eigenvalue weighted by atomic mass is 9.85. The van der Waals surface area contributed by atoms with Crippen molar-refractivity contribution in [1.29, 1.82) is 5.26 Å². The predicted molar refractivity (Wildman–Crippen MR) is 138 cm³/mol. The second-order valence-electron chi connectivity index (χ2n) is 9.52. The second kappa shape index (κ2) is 12.0. The Morgan fingerprint density at radius 1 is 1.07 bits per heavy atom. The van der Waals surface area contributed by atoms with Gasteiger partial charge in [0, 0.05) is 29.5 Å². The minimum Gasteiger partial charge on any atom is -0.487 e. The maximum atomic E-state index is 13.6. The molecule has 0 spiro atoms. The van der Waals surface area contributed by atoms with Crippen LogP contribution in [0.4, 0.5) is 28.9 Å². The van der Waals surface area contributed by atoms with E-state index in [1.807, 2.05) is 0 Å². The molecule has 0 aliphatic carbocycles. The minimum absolute atomic E-state index is 0.0424. The average molecular weight is 573 g/mol. The maximum absolute atomic E-state index is 13.6. The van der Waals surface area contributed by atoms with Crippen LogP contribution in [0.15, 0.2) is 54.6 Å². The van der Waals surface area contributed by atoms with Gasteiger partial charge in [-0.25, -0.2) is 4.39 Å². The molecule has 214 valence electrons. The van der Waals surface area contributed by atoms with Gasteiger partial charge < -0.3 is 14.8 Å². The SMILES string of the molecule is CC(=O)OCC(C)(C)c1ccc(NC(=O)c2ccc(C#N)c(OCc3cc(F)ccc3C(F)(F)F)c2)c([N+](=O)[O-])c1. The Bertz CT molecular complexity index is 1550. The summed E-state index contributed by atoms with van der Waals surface area (Å²) in [6.45, 7) is 3.86. The van der Waals surface area contributed by atoms with Crippen molar-refractivity contribution in [3.8, 4) is 11.8 Å². The Hall–Kier alpha value is -4.99. The first-order valence-electron chi connectivity index (χ1n) is 11.9. The number of amides is 1. The predicted octanol–water partition coefficient (Wildman–Crippen LogP) is 6.30. The van der Waals surface area contributed by atoms with Crippen LogP contribution in [0.25, 0.3) is 0 Å². The van der Waals surface area contributed by atoms with Crippen LogP contribution in [0.2, 0.25) is 0 Å². The van der Waals surface area contributed by atoms with Gasteiger partial charge in [0.2, 0.25) is 0 Å². The van der Waals surface area contributed by atoms with Crippen molar-refractivity contribution < 1.29 is 41.5 Å². The van der Waals surface area contributed by atoms with E-state index in [1.165, 1.54) is 37.3 Å². The average Bonchev–Trinajstić information content (AvgIpc) is 2.89. The third-order valence-electron chi connectivity index (χ3n) is 5.98. The number of nitriles is 1. The largest absolute Gasteiger partial charge is 0.487 e. The number of rotatable bonds is 9. The molecule has 9 nitrogen and oxygen atoms in total. The van der Waals surface area contributed by atoms with Crippen LogP contribution in [0, 0.1) is 27.3 Å². The fourth-order valence-corrected chi connectivity index (χ4v) is 3.76. The Morgan fingerprint density at radius 3 is 2.39 bits per heavy atom. The first kappa shape index (κ1) is 30.6. The number of benzene rings is 3. The number of nitro benzene ring substituents is 1. The summed E-state index contributed by atoms with van der Waals surface area (Å²) in [5.41, 5.74) is -2.81. The Balaban J connectivity index is 1.87. The van der Waals surface area contributed by atoms with Crippen LogP contribution in [0.3, 0.4) is 0 Å². The van der Waals surface area contributed by atoms with Gasteiger partial charge in [-0.2, -0.15) is 18.4 Å². The van der Waals surface area contributed by atoms with Gasteiger partial charge in [-0.3, -0.25) is 19.7 Å². The van der Waals surface area contributed by atoms with E-state index in [0.29, 0.717) is 23.8 Å². The smallest absolute Gasteiger partial charge is 0.416 e. The van der Waals surface area contributed by atoms with Crippen molar-refractivity contribution in [1.82, 2.24) is 0 Å². The summed E-state index contributed by atoms with van der Waals surface area (Å²) in [5, 5.41) is 23.6. The first-order chi connectivity index (χ1) is 19.1. The number of nitrogens with one attached hydrogen (secondary N) is 1. The van der Waals surface area contributed by atoms with Crippen molar-refractivity contribution in [3.05, 3.63) is 98.3 Å². The second-order valence-corrected chi connectivity index (χ2v) is 9.52. The summed E-state index contributed by atoms with van der Waals surface area (Å²) in [5.74, 6) is -2.53. The van der Waals surface area contributed by atoms with Gasteiger partial charge in [-0.05, 0) is 48.0 Å². The summed E-state index contributed by atoms with van der Waals surface area (Å²) >= 11 is 0. The highest BCUT2D eigenvalue weighted by atomic mass is 19.4. The number of carbonyl (C=O) groups excluding carboxylic acids is 2. The summed E-state index contributed by atoms with van der Waals surface area (Å²) in [6, 6.07) is 11.3. The number of alkyl halides is 3.